The van der Waals surface area contributed by atoms with Crippen LogP contribution in [0.5, 0.6) is 0 Å². The van der Waals surface area contributed by atoms with Crippen LogP contribution in [0.15, 0.2) is 47.4 Å². The molecule has 0 saturated carbocycles. The zero-order chi connectivity index (χ0) is 20.8. The van der Waals surface area contributed by atoms with E-state index in [9.17, 15) is 14.4 Å². The van der Waals surface area contributed by atoms with Crippen molar-refractivity contribution in [1.82, 2.24) is 25.6 Å². The second kappa shape index (κ2) is 9.29. The van der Waals surface area contributed by atoms with Crippen molar-refractivity contribution < 1.29 is 9.59 Å². The highest BCUT2D eigenvalue weighted by molar-refractivity contribution is 6.29. The largest absolute Gasteiger partial charge is 0.290 e. The van der Waals surface area contributed by atoms with Crippen molar-refractivity contribution in [2.45, 2.75) is 32.7 Å². The maximum absolute atomic E-state index is 12.7. The number of rotatable bonds is 6. The van der Waals surface area contributed by atoms with E-state index >= 15 is 0 Å². The second-order valence-electron chi connectivity index (χ2n) is 6.41. The summed E-state index contributed by atoms with van der Waals surface area (Å²) in [5.41, 5.74) is 4.71. The van der Waals surface area contributed by atoms with Gasteiger partial charge in [-0.3, -0.25) is 25.2 Å². The molecule has 2 heterocycles. The molecule has 3 rings (SSSR count). The quantitative estimate of drug-likeness (QED) is 0.367. The number of hydrogen-bond acceptors (Lipinski definition) is 5. The first-order valence-electron chi connectivity index (χ1n) is 9.23. The highest BCUT2D eigenvalue weighted by atomic mass is 35.5. The molecule has 8 nitrogen and oxygen atoms in total. The Bertz CT molecular complexity index is 1100. The van der Waals surface area contributed by atoms with Gasteiger partial charge in [0.25, 0.3) is 17.4 Å². The molecule has 2 amide bonds. The Morgan fingerprint density at radius 3 is 2.45 bits per heavy atom. The number of carbonyl (C=O) groups excluding carboxylic acids is 2. The lowest BCUT2D eigenvalue weighted by atomic mass is 10.1. The Morgan fingerprint density at radius 2 is 1.76 bits per heavy atom. The molecule has 1 aromatic carbocycles. The topological polar surface area (TPSA) is 106 Å². The van der Waals surface area contributed by atoms with Crippen molar-refractivity contribution in [1.29, 1.82) is 0 Å². The monoisotopic (exact) mass is 413 g/mol. The van der Waals surface area contributed by atoms with E-state index in [1.165, 1.54) is 23.0 Å². The van der Waals surface area contributed by atoms with E-state index < -0.39 is 11.8 Å². The predicted molar refractivity (Wildman–Crippen MR) is 110 cm³/mol. The average Bonchev–Trinajstić information content (AvgIpc) is 2.74. The molecular weight excluding hydrogens is 394 g/mol. The zero-order valence-corrected chi connectivity index (χ0v) is 16.6. The van der Waals surface area contributed by atoms with Crippen molar-refractivity contribution in [3.8, 4) is 0 Å². The van der Waals surface area contributed by atoms with E-state index in [1.807, 2.05) is 0 Å². The second-order valence-corrected chi connectivity index (χ2v) is 6.79. The lowest BCUT2D eigenvalue weighted by Crippen LogP contribution is -2.42. The molecule has 0 atom stereocenters. The molecule has 150 valence electrons. The number of amides is 2. The number of hydrogen-bond donors (Lipinski definition) is 2. The van der Waals surface area contributed by atoms with Crippen LogP contribution in [-0.2, 0) is 6.54 Å². The maximum atomic E-state index is 12.7. The minimum absolute atomic E-state index is 0.0613. The highest BCUT2D eigenvalue weighted by Gasteiger charge is 2.17. The van der Waals surface area contributed by atoms with E-state index in [-0.39, 0.29) is 22.0 Å². The van der Waals surface area contributed by atoms with E-state index in [4.69, 9.17) is 11.6 Å². The lowest BCUT2D eigenvalue weighted by molar-refractivity contribution is 0.0843. The van der Waals surface area contributed by atoms with Crippen molar-refractivity contribution >= 4 is 34.2 Å². The van der Waals surface area contributed by atoms with Crippen molar-refractivity contribution in [3.05, 3.63) is 69.4 Å². The lowest BCUT2D eigenvalue weighted by Gasteiger charge is -2.12. The molecule has 0 bridgehead atoms. The molecule has 0 fully saturated rings. The first-order chi connectivity index (χ1) is 14.0. The number of pyridine rings is 1. The number of benzene rings is 1. The molecule has 0 unspecified atom stereocenters. The van der Waals surface area contributed by atoms with Gasteiger partial charge < -0.3 is 0 Å². The first kappa shape index (κ1) is 20.5. The van der Waals surface area contributed by atoms with Crippen molar-refractivity contribution in [3.63, 3.8) is 0 Å². The maximum Gasteiger partial charge on any atom is 0.290 e. The standard InChI is InChI=1S/C20H20ClN5O3/c1-2-3-6-11-26-20(29)15-8-5-4-7-14(15)17(25-26)19(28)24-23-18(27)13-9-10-16(21)22-12-13/h4-5,7-10,12H,2-3,6,11H2,1H3,(H,23,27)(H,24,28). The predicted octanol–water partition coefficient (Wildman–Crippen LogP) is 2.71. The van der Waals surface area contributed by atoms with Gasteiger partial charge in [-0.2, -0.15) is 5.10 Å². The highest BCUT2D eigenvalue weighted by Crippen LogP contribution is 2.13. The normalized spacial score (nSPS) is 10.7. The summed E-state index contributed by atoms with van der Waals surface area (Å²) in [6, 6.07) is 9.72. The van der Waals surface area contributed by atoms with Crippen LogP contribution in [0.1, 0.15) is 47.0 Å². The van der Waals surface area contributed by atoms with Gasteiger partial charge >= 0.3 is 0 Å². The van der Waals surface area contributed by atoms with Crippen LogP contribution in [0.4, 0.5) is 0 Å². The molecule has 0 aliphatic carbocycles. The average molecular weight is 414 g/mol. The molecule has 9 heteroatoms. The molecule has 0 spiro atoms. The van der Waals surface area contributed by atoms with Crippen LogP contribution in [0.2, 0.25) is 5.15 Å². The van der Waals surface area contributed by atoms with Crippen LogP contribution in [0.3, 0.4) is 0 Å². The molecular formula is C20H20ClN5O3. The van der Waals surface area contributed by atoms with Gasteiger partial charge in [0.2, 0.25) is 0 Å². The Hall–Kier alpha value is -3.26. The Balaban J connectivity index is 1.84. The fourth-order valence-electron chi connectivity index (χ4n) is 2.82. The van der Waals surface area contributed by atoms with Gasteiger partial charge in [0.1, 0.15) is 5.15 Å². The van der Waals surface area contributed by atoms with Gasteiger partial charge in [-0.15, -0.1) is 0 Å². The van der Waals surface area contributed by atoms with E-state index in [2.05, 4.69) is 27.9 Å². The smallest absolute Gasteiger partial charge is 0.267 e. The zero-order valence-electron chi connectivity index (χ0n) is 15.8. The van der Waals surface area contributed by atoms with Gasteiger partial charge in [0.15, 0.2) is 5.69 Å². The number of nitrogens with one attached hydrogen (secondary N) is 2. The number of nitrogens with zero attached hydrogens (tertiary/aromatic N) is 3. The summed E-state index contributed by atoms with van der Waals surface area (Å²) in [4.78, 5) is 41.3. The number of halogens is 1. The molecule has 2 aromatic heterocycles. The van der Waals surface area contributed by atoms with Gasteiger partial charge in [-0.05, 0) is 24.6 Å². The van der Waals surface area contributed by atoms with Gasteiger partial charge in [0, 0.05) is 18.1 Å². The van der Waals surface area contributed by atoms with Crippen LogP contribution >= 0.6 is 11.6 Å². The first-order valence-corrected chi connectivity index (χ1v) is 9.61. The van der Waals surface area contributed by atoms with Crippen LogP contribution < -0.4 is 16.4 Å². The van der Waals surface area contributed by atoms with Crippen LogP contribution in [0, 0.1) is 0 Å². The van der Waals surface area contributed by atoms with Crippen LogP contribution in [0.25, 0.3) is 10.8 Å². The third kappa shape index (κ3) is 4.78. The summed E-state index contributed by atoms with van der Waals surface area (Å²) < 4.78 is 1.30. The van der Waals surface area contributed by atoms with E-state index in [0.717, 1.165) is 19.3 Å². The van der Waals surface area contributed by atoms with Crippen LogP contribution in [-0.4, -0.2) is 26.6 Å². The summed E-state index contributed by atoms with van der Waals surface area (Å²) in [6.45, 7) is 2.48. The minimum Gasteiger partial charge on any atom is -0.267 e. The molecule has 29 heavy (non-hydrogen) atoms. The van der Waals surface area contributed by atoms with Gasteiger partial charge in [0.05, 0.1) is 10.9 Å². The summed E-state index contributed by atoms with van der Waals surface area (Å²) in [5, 5.41) is 5.32. The number of hydrazine groups is 1. The Morgan fingerprint density at radius 1 is 1.03 bits per heavy atom. The molecule has 0 aliphatic heterocycles. The van der Waals surface area contributed by atoms with Crippen molar-refractivity contribution in [2.24, 2.45) is 0 Å². The Kier molecular flexibility index (Phi) is 6.56. The number of fused-ring (bicyclic) bond motifs is 1. The summed E-state index contributed by atoms with van der Waals surface area (Å²) in [5.74, 6) is -1.18. The fourth-order valence-corrected chi connectivity index (χ4v) is 2.93. The van der Waals surface area contributed by atoms with Gasteiger partial charge in [-0.1, -0.05) is 49.6 Å². The molecule has 0 aliphatic rings. The minimum atomic E-state index is -0.624. The van der Waals surface area contributed by atoms with Crippen molar-refractivity contribution in [2.75, 3.05) is 0 Å². The molecule has 0 saturated heterocycles. The summed E-state index contributed by atoms with van der Waals surface area (Å²) in [7, 11) is 0. The fraction of sp³-hybridized carbons (Fsp3) is 0.250. The molecule has 0 radical (unpaired) electrons. The number of aryl methyl sites for hydroxylation is 1. The van der Waals surface area contributed by atoms with Gasteiger partial charge in [-0.25, -0.2) is 9.67 Å². The van der Waals surface area contributed by atoms with E-state index in [0.29, 0.717) is 17.3 Å². The number of aromatic nitrogens is 3. The third-order valence-corrected chi connectivity index (χ3v) is 4.56. The molecule has 3 aromatic rings. The Labute approximate surface area is 171 Å². The summed E-state index contributed by atoms with van der Waals surface area (Å²) >= 11 is 5.70. The number of unbranched alkanes of at least 4 members (excludes halogenated alkanes) is 2. The summed E-state index contributed by atoms with van der Waals surface area (Å²) in [6.07, 6.45) is 4.03. The number of carbonyl (C=O) groups is 2. The third-order valence-electron chi connectivity index (χ3n) is 4.34. The van der Waals surface area contributed by atoms with E-state index in [1.54, 1.807) is 24.3 Å². The molecule has 2 N–H and O–H groups in total. The SMILES string of the molecule is CCCCCn1nc(C(=O)NNC(=O)c2ccc(Cl)nc2)c2ccccc2c1=O.